The lowest BCUT2D eigenvalue weighted by atomic mass is 9.93. The molecule has 1 aromatic heterocycles. The molecule has 0 atom stereocenters. The fraction of sp³-hybridized carbons (Fsp3) is 0.450. The van der Waals surface area contributed by atoms with E-state index < -0.39 is 0 Å². The molecule has 1 saturated heterocycles. The first-order chi connectivity index (χ1) is 12.7. The summed E-state index contributed by atoms with van der Waals surface area (Å²) in [6.07, 6.45) is 3.21. The van der Waals surface area contributed by atoms with Crippen molar-refractivity contribution in [2.45, 2.75) is 25.8 Å². The fourth-order valence-corrected chi connectivity index (χ4v) is 3.37. The van der Waals surface area contributed by atoms with E-state index in [0.717, 1.165) is 44.5 Å². The van der Waals surface area contributed by atoms with Gasteiger partial charge in [0, 0.05) is 24.7 Å². The summed E-state index contributed by atoms with van der Waals surface area (Å²) in [5, 5.41) is 7.56. The Morgan fingerprint density at radius 3 is 2.58 bits per heavy atom. The van der Waals surface area contributed by atoms with Gasteiger partial charge in [0.1, 0.15) is 6.54 Å². The zero-order valence-electron chi connectivity index (χ0n) is 15.2. The van der Waals surface area contributed by atoms with Gasteiger partial charge in [0.15, 0.2) is 0 Å². The second-order valence-electron chi connectivity index (χ2n) is 6.80. The predicted octanol–water partition coefficient (Wildman–Crippen LogP) is 1.76. The third-order valence-corrected chi connectivity index (χ3v) is 4.99. The summed E-state index contributed by atoms with van der Waals surface area (Å²) in [6, 6.07) is 12.8. The number of hydrogen-bond donors (Lipinski definition) is 1. The molecule has 0 bridgehead atoms. The molecule has 0 radical (unpaired) electrons. The Morgan fingerprint density at radius 2 is 1.88 bits per heavy atom. The highest BCUT2D eigenvalue weighted by Crippen LogP contribution is 2.20. The van der Waals surface area contributed by atoms with Crippen molar-refractivity contribution in [3.05, 3.63) is 52.8 Å². The molecule has 6 nitrogen and oxygen atoms in total. The van der Waals surface area contributed by atoms with Crippen LogP contribution in [-0.2, 0) is 11.3 Å². The molecule has 138 valence electrons. The van der Waals surface area contributed by atoms with Gasteiger partial charge in [-0.05, 0) is 44.8 Å². The SMILES string of the molecule is CNCCC1CCN(C(=O)Cn2nc(-c3ccccc3)ccc2=O)CC1. The molecule has 3 rings (SSSR count). The van der Waals surface area contributed by atoms with E-state index in [2.05, 4.69) is 10.4 Å². The molecule has 1 aliphatic rings. The number of carbonyl (C=O) groups excluding carboxylic acids is 1. The molecule has 0 spiro atoms. The lowest BCUT2D eigenvalue weighted by Crippen LogP contribution is -2.42. The Kier molecular flexibility index (Phi) is 6.17. The highest BCUT2D eigenvalue weighted by Gasteiger charge is 2.23. The summed E-state index contributed by atoms with van der Waals surface area (Å²) < 4.78 is 1.28. The smallest absolute Gasteiger partial charge is 0.267 e. The predicted molar refractivity (Wildman–Crippen MR) is 102 cm³/mol. The molecule has 1 aromatic carbocycles. The number of likely N-dealkylation sites (tertiary alicyclic amines) is 1. The number of benzene rings is 1. The molecule has 2 heterocycles. The van der Waals surface area contributed by atoms with Crippen LogP contribution in [0, 0.1) is 5.92 Å². The molecule has 0 saturated carbocycles. The van der Waals surface area contributed by atoms with Crippen molar-refractivity contribution < 1.29 is 4.79 Å². The van der Waals surface area contributed by atoms with Crippen molar-refractivity contribution in [3.63, 3.8) is 0 Å². The van der Waals surface area contributed by atoms with E-state index in [1.54, 1.807) is 6.07 Å². The van der Waals surface area contributed by atoms with Gasteiger partial charge in [-0.2, -0.15) is 5.10 Å². The van der Waals surface area contributed by atoms with Crippen LogP contribution in [0.2, 0.25) is 0 Å². The van der Waals surface area contributed by atoms with Gasteiger partial charge < -0.3 is 10.2 Å². The zero-order valence-corrected chi connectivity index (χ0v) is 15.2. The third-order valence-electron chi connectivity index (χ3n) is 4.99. The van der Waals surface area contributed by atoms with Crippen LogP contribution in [0.3, 0.4) is 0 Å². The van der Waals surface area contributed by atoms with Crippen molar-refractivity contribution in [3.8, 4) is 11.3 Å². The molecule has 1 fully saturated rings. The number of rotatable bonds is 6. The minimum atomic E-state index is -0.248. The topological polar surface area (TPSA) is 67.2 Å². The Bertz CT molecular complexity index is 780. The maximum Gasteiger partial charge on any atom is 0.267 e. The van der Waals surface area contributed by atoms with Crippen LogP contribution < -0.4 is 10.9 Å². The zero-order chi connectivity index (χ0) is 18.4. The second kappa shape index (κ2) is 8.76. The number of carbonyl (C=O) groups is 1. The first kappa shape index (κ1) is 18.3. The molecule has 0 unspecified atom stereocenters. The highest BCUT2D eigenvalue weighted by atomic mass is 16.2. The minimum absolute atomic E-state index is 0.000684. The first-order valence-corrected chi connectivity index (χ1v) is 9.23. The number of piperidine rings is 1. The number of nitrogens with one attached hydrogen (secondary N) is 1. The van der Waals surface area contributed by atoms with Crippen molar-refractivity contribution in [2.75, 3.05) is 26.7 Å². The number of nitrogens with zero attached hydrogens (tertiary/aromatic N) is 3. The summed E-state index contributed by atoms with van der Waals surface area (Å²) in [7, 11) is 1.97. The standard InChI is InChI=1S/C20H26N4O2/c1-21-12-9-16-10-13-23(14-11-16)20(26)15-24-19(25)8-7-18(22-24)17-5-3-2-4-6-17/h2-8,16,21H,9-15H2,1H3. The van der Waals surface area contributed by atoms with Crippen molar-refractivity contribution in [2.24, 2.45) is 5.92 Å². The van der Waals surface area contributed by atoms with Crippen molar-refractivity contribution >= 4 is 5.91 Å². The van der Waals surface area contributed by atoms with Gasteiger partial charge in [0.05, 0.1) is 5.69 Å². The molecular weight excluding hydrogens is 328 g/mol. The fourth-order valence-electron chi connectivity index (χ4n) is 3.37. The van der Waals surface area contributed by atoms with Gasteiger partial charge in [0.25, 0.3) is 5.56 Å². The van der Waals surface area contributed by atoms with E-state index in [-0.39, 0.29) is 18.0 Å². The molecule has 1 N–H and O–H groups in total. The maximum atomic E-state index is 12.6. The van der Waals surface area contributed by atoms with Gasteiger partial charge >= 0.3 is 0 Å². The molecule has 2 aromatic rings. The summed E-state index contributed by atoms with van der Waals surface area (Å²) >= 11 is 0. The maximum absolute atomic E-state index is 12.6. The largest absolute Gasteiger partial charge is 0.341 e. The van der Waals surface area contributed by atoms with Gasteiger partial charge in [-0.3, -0.25) is 9.59 Å². The first-order valence-electron chi connectivity index (χ1n) is 9.23. The lowest BCUT2D eigenvalue weighted by Gasteiger charge is -2.32. The Labute approximate surface area is 153 Å². The quantitative estimate of drug-likeness (QED) is 0.858. The molecule has 0 aliphatic carbocycles. The molecule has 26 heavy (non-hydrogen) atoms. The van der Waals surface area contributed by atoms with E-state index >= 15 is 0 Å². The van der Waals surface area contributed by atoms with Crippen molar-refractivity contribution in [1.29, 1.82) is 0 Å². The number of hydrogen-bond acceptors (Lipinski definition) is 4. The van der Waals surface area contributed by atoms with Gasteiger partial charge in [-0.15, -0.1) is 0 Å². The second-order valence-corrected chi connectivity index (χ2v) is 6.80. The van der Waals surface area contributed by atoms with Crippen molar-refractivity contribution in [1.82, 2.24) is 20.0 Å². The number of amides is 1. The normalized spacial score (nSPS) is 15.2. The van der Waals surface area contributed by atoms with Gasteiger partial charge in [-0.1, -0.05) is 30.3 Å². The van der Waals surface area contributed by atoms with E-state index in [0.29, 0.717) is 11.6 Å². The summed E-state index contributed by atoms with van der Waals surface area (Å²) in [5.41, 5.74) is 1.38. The highest BCUT2D eigenvalue weighted by molar-refractivity contribution is 5.76. The van der Waals surface area contributed by atoms with Crippen LogP contribution in [-0.4, -0.2) is 47.3 Å². The third kappa shape index (κ3) is 4.58. The summed E-state index contributed by atoms with van der Waals surface area (Å²) in [6.45, 7) is 2.55. The van der Waals surface area contributed by atoms with E-state index in [1.165, 1.54) is 10.7 Å². The molecular formula is C20H26N4O2. The van der Waals surface area contributed by atoms with Crippen LogP contribution in [0.1, 0.15) is 19.3 Å². The van der Waals surface area contributed by atoms with E-state index in [9.17, 15) is 9.59 Å². The van der Waals surface area contributed by atoms with Gasteiger partial charge in [0.2, 0.25) is 5.91 Å². The van der Waals surface area contributed by atoms with Gasteiger partial charge in [-0.25, -0.2) is 4.68 Å². The molecule has 1 aliphatic heterocycles. The molecule has 1 amide bonds. The Hall–Kier alpha value is -2.47. The summed E-state index contributed by atoms with van der Waals surface area (Å²) in [4.78, 5) is 26.6. The van der Waals surface area contributed by atoms with Crippen LogP contribution in [0.15, 0.2) is 47.3 Å². The van der Waals surface area contributed by atoms with E-state index in [1.807, 2.05) is 42.3 Å². The Morgan fingerprint density at radius 1 is 1.15 bits per heavy atom. The Balaban J connectivity index is 1.64. The van der Waals surface area contributed by atoms with Crippen LogP contribution in [0.25, 0.3) is 11.3 Å². The monoisotopic (exact) mass is 354 g/mol. The van der Waals surface area contributed by atoms with Crippen LogP contribution in [0.4, 0.5) is 0 Å². The average molecular weight is 354 g/mol. The van der Waals surface area contributed by atoms with E-state index in [4.69, 9.17) is 0 Å². The average Bonchev–Trinajstić information content (AvgIpc) is 2.69. The lowest BCUT2D eigenvalue weighted by molar-refractivity contribution is -0.133. The summed E-state index contributed by atoms with van der Waals surface area (Å²) in [5.74, 6) is 0.644. The van der Waals surface area contributed by atoms with Crippen LogP contribution >= 0.6 is 0 Å². The van der Waals surface area contributed by atoms with Crippen LogP contribution in [0.5, 0.6) is 0 Å². The minimum Gasteiger partial charge on any atom is -0.341 e. The number of aromatic nitrogens is 2. The molecule has 6 heteroatoms.